The number of fused-ring (bicyclic) bond motifs is 3. The summed E-state index contributed by atoms with van der Waals surface area (Å²) in [6.45, 7) is 1.41. The molecule has 2 aliphatic rings. The van der Waals surface area contributed by atoms with Gasteiger partial charge in [0.15, 0.2) is 11.1 Å². The van der Waals surface area contributed by atoms with Crippen molar-refractivity contribution < 1.29 is 22.4 Å². The molecule has 1 saturated heterocycles. The zero-order chi connectivity index (χ0) is 22.5. The lowest BCUT2D eigenvalue weighted by Crippen LogP contribution is -2.48. The molecule has 2 amide bonds. The number of ether oxygens (including phenoxy) is 1. The van der Waals surface area contributed by atoms with Crippen molar-refractivity contribution in [2.45, 2.75) is 18.3 Å². The van der Waals surface area contributed by atoms with Crippen molar-refractivity contribution >= 4 is 38.9 Å². The molecule has 0 atom stereocenters. The number of rotatable bonds is 3. The first-order valence-electron chi connectivity index (χ1n) is 10.4. The molecule has 0 saturated carbocycles. The number of hydrogen-bond donors (Lipinski definition) is 1. The van der Waals surface area contributed by atoms with Crippen LogP contribution in [0.1, 0.15) is 18.4 Å². The van der Waals surface area contributed by atoms with E-state index in [1.807, 2.05) is 24.3 Å². The number of nitrogens with zero attached hydrogens (tertiary/aromatic N) is 3. The minimum absolute atomic E-state index is 0.115. The highest BCUT2D eigenvalue weighted by molar-refractivity contribution is 7.92. The third kappa shape index (κ3) is 3.35. The SMILES string of the molecule is COc1cccc2oc(NC(=O)N3CCC4(CC3)CN(S(C)(=O)=O)c3ccccc34)nc12. The van der Waals surface area contributed by atoms with Crippen molar-refractivity contribution in [1.82, 2.24) is 9.88 Å². The van der Waals surface area contributed by atoms with Gasteiger partial charge in [-0.15, -0.1) is 0 Å². The van der Waals surface area contributed by atoms with E-state index in [-0.39, 0.29) is 17.5 Å². The second-order valence-corrected chi connectivity index (χ2v) is 10.2. The maximum Gasteiger partial charge on any atom is 0.325 e. The molecule has 0 unspecified atom stereocenters. The minimum atomic E-state index is -3.37. The first kappa shape index (κ1) is 20.6. The number of benzene rings is 2. The highest BCUT2D eigenvalue weighted by atomic mass is 32.2. The molecule has 2 aliphatic heterocycles. The number of aromatic nitrogens is 1. The molecule has 5 rings (SSSR count). The van der Waals surface area contributed by atoms with Gasteiger partial charge in [0.05, 0.1) is 19.1 Å². The monoisotopic (exact) mass is 456 g/mol. The number of anilines is 2. The van der Waals surface area contributed by atoms with Crippen LogP contribution in [0.3, 0.4) is 0 Å². The molecular weight excluding hydrogens is 432 g/mol. The fourth-order valence-electron chi connectivity index (χ4n) is 4.76. The van der Waals surface area contributed by atoms with Gasteiger partial charge in [-0.05, 0) is 36.6 Å². The number of nitrogens with one attached hydrogen (secondary N) is 1. The highest BCUT2D eigenvalue weighted by Gasteiger charge is 2.47. The number of amides is 2. The van der Waals surface area contributed by atoms with E-state index in [0.717, 1.165) is 11.3 Å². The fourth-order valence-corrected chi connectivity index (χ4v) is 5.76. The van der Waals surface area contributed by atoms with Gasteiger partial charge in [-0.25, -0.2) is 13.2 Å². The average molecular weight is 457 g/mol. The van der Waals surface area contributed by atoms with E-state index in [4.69, 9.17) is 9.15 Å². The smallest absolute Gasteiger partial charge is 0.325 e. The summed E-state index contributed by atoms with van der Waals surface area (Å²) in [6.07, 6.45) is 2.58. The van der Waals surface area contributed by atoms with Crippen LogP contribution in [0.25, 0.3) is 11.1 Å². The fraction of sp³-hybridized carbons (Fsp3) is 0.364. The van der Waals surface area contributed by atoms with Crippen LogP contribution < -0.4 is 14.4 Å². The van der Waals surface area contributed by atoms with Crippen molar-refractivity contribution in [2.24, 2.45) is 0 Å². The van der Waals surface area contributed by atoms with E-state index in [9.17, 15) is 13.2 Å². The van der Waals surface area contributed by atoms with Gasteiger partial charge in [0, 0.05) is 25.0 Å². The topological polar surface area (TPSA) is 105 Å². The minimum Gasteiger partial charge on any atom is -0.494 e. The summed E-state index contributed by atoms with van der Waals surface area (Å²) in [6, 6.07) is 12.8. The van der Waals surface area contributed by atoms with E-state index in [0.29, 0.717) is 49.3 Å². The summed E-state index contributed by atoms with van der Waals surface area (Å²) in [4.78, 5) is 18.9. The van der Waals surface area contributed by atoms with Gasteiger partial charge in [-0.3, -0.25) is 9.62 Å². The van der Waals surface area contributed by atoms with Crippen LogP contribution in [0, 0.1) is 0 Å². The second-order valence-electron chi connectivity index (χ2n) is 8.31. The highest BCUT2D eigenvalue weighted by Crippen LogP contribution is 2.47. The molecule has 3 aromatic rings. The maximum absolute atomic E-state index is 12.8. The zero-order valence-electron chi connectivity index (χ0n) is 17.9. The van der Waals surface area contributed by atoms with E-state index >= 15 is 0 Å². The Morgan fingerprint density at radius 1 is 1.16 bits per heavy atom. The van der Waals surface area contributed by atoms with Crippen molar-refractivity contribution in [3.8, 4) is 5.75 Å². The summed E-state index contributed by atoms with van der Waals surface area (Å²) in [5, 5.41) is 2.73. The number of likely N-dealkylation sites (tertiary alicyclic amines) is 1. The number of urea groups is 1. The molecule has 10 heteroatoms. The number of methoxy groups -OCH3 is 1. The number of carbonyl (C=O) groups excluding carboxylic acids is 1. The van der Waals surface area contributed by atoms with Crippen LogP contribution in [0.4, 0.5) is 16.5 Å². The Morgan fingerprint density at radius 3 is 2.62 bits per heavy atom. The maximum atomic E-state index is 12.8. The summed E-state index contributed by atoms with van der Waals surface area (Å²) >= 11 is 0. The molecule has 1 aromatic heterocycles. The van der Waals surface area contributed by atoms with E-state index in [1.54, 1.807) is 30.2 Å². The summed E-state index contributed by atoms with van der Waals surface area (Å²) in [7, 11) is -1.82. The van der Waals surface area contributed by atoms with E-state index in [1.165, 1.54) is 10.6 Å². The van der Waals surface area contributed by atoms with Crippen molar-refractivity contribution in [2.75, 3.05) is 42.6 Å². The lowest BCUT2D eigenvalue weighted by molar-refractivity contribution is 0.173. The Morgan fingerprint density at radius 2 is 1.91 bits per heavy atom. The zero-order valence-corrected chi connectivity index (χ0v) is 18.7. The van der Waals surface area contributed by atoms with Crippen molar-refractivity contribution in [1.29, 1.82) is 0 Å². The standard InChI is InChI=1S/C22H24N4O5S/c1-30-17-8-5-9-18-19(17)23-20(31-18)24-21(27)25-12-10-22(11-13-25)14-26(32(2,28)29)16-7-4-3-6-15(16)22/h3-9H,10-14H2,1-2H3,(H,23,24,27). The Kier molecular flexibility index (Phi) is 4.77. The molecular formula is C22H24N4O5S. The van der Waals surface area contributed by atoms with Gasteiger partial charge in [0.25, 0.3) is 0 Å². The van der Waals surface area contributed by atoms with Crippen LogP contribution in [-0.4, -0.2) is 57.3 Å². The quantitative estimate of drug-likeness (QED) is 0.649. The number of oxazole rings is 1. The molecule has 0 radical (unpaired) electrons. The van der Waals surface area contributed by atoms with Crippen LogP contribution >= 0.6 is 0 Å². The third-order valence-corrected chi connectivity index (χ3v) is 7.54. The molecule has 1 fully saturated rings. The Hall–Kier alpha value is -3.27. The Labute approximate surface area is 186 Å². The predicted octanol–water partition coefficient (Wildman–Crippen LogP) is 3.18. The average Bonchev–Trinajstić information content (AvgIpc) is 3.33. The molecule has 32 heavy (non-hydrogen) atoms. The largest absolute Gasteiger partial charge is 0.494 e. The van der Waals surface area contributed by atoms with Crippen molar-refractivity contribution in [3.05, 3.63) is 48.0 Å². The van der Waals surface area contributed by atoms with Crippen LogP contribution in [0.15, 0.2) is 46.9 Å². The first-order valence-corrected chi connectivity index (χ1v) is 12.2. The molecule has 1 N–H and O–H groups in total. The molecule has 9 nitrogen and oxygen atoms in total. The van der Waals surface area contributed by atoms with Gasteiger partial charge in [-0.1, -0.05) is 24.3 Å². The normalized spacial score (nSPS) is 17.6. The number of sulfonamides is 1. The lowest BCUT2D eigenvalue weighted by atomic mass is 9.74. The van der Waals surface area contributed by atoms with Crippen LogP contribution in [0.2, 0.25) is 0 Å². The molecule has 0 aliphatic carbocycles. The predicted molar refractivity (Wildman–Crippen MR) is 121 cm³/mol. The third-order valence-electron chi connectivity index (χ3n) is 6.41. The van der Waals surface area contributed by atoms with E-state index in [2.05, 4.69) is 10.3 Å². The number of piperidine rings is 1. The lowest BCUT2D eigenvalue weighted by Gasteiger charge is -2.39. The van der Waals surface area contributed by atoms with Gasteiger partial charge in [-0.2, -0.15) is 4.98 Å². The molecule has 2 aromatic carbocycles. The Balaban J connectivity index is 1.31. The summed E-state index contributed by atoms with van der Waals surface area (Å²) < 4.78 is 37.1. The van der Waals surface area contributed by atoms with Gasteiger partial charge >= 0.3 is 12.0 Å². The summed E-state index contributed by atoms with van der Waals surface area (Å²) in [5.74, 6) is 0.571. The Bertz CT molecular complexity index is 1290. The number of para-hydroxylation sites is 2. The second kappa shape index (κ2) is 7.40. The van der Waals surface area contributed by atoms with Gasteiger partial charge in [0.2, 0.25) is 10.0 Å². The van der Waals surface area contributed by atoms with E-state index < -0.39 is 10.0 Å². The number of hydrogen-bond acceptors (Lipinski definition) is 6. The molecule has 0 bridgehead atoms. The molecule has 168 valence electrons. The van der Waals surface area contributed by atoms with Gasteiger partial charge in [0.1, 0.15) is 5.75 Å². The molecule has 1 spiro atoms. The van der Waals surface area contributed by atoms with Crippen LogP contribution in [-0.2, 0) is 15.4 Å². The number of carbonyl (C=O) groups is 1. The molecule has 3 heterocycles. The van der Waals surface area contributed by atoms with Crippen molar-refractivity contribution in [3.63, 3.8) is 0 Å². The van der Waals surface area contributed by atoms with Crippen LogP contribution in [0.5, 0.6) is 5.75 Å². The summed E-state index contributed by atoms with van der Waals surface area (Å²) in [5.41, 5.74) is 2.57. The first-order chi connectivity index (χ1) is 15.3. The van der Waals surface area contributed by atoms with Gasteiger partial charge < -0.3 is 14.1 Å².